The van der Waals surface area contributed by atoms with Crippen LogP contribution in [0.3, 0.4) is 0 Å². The van der Waals surface area contributed by atoms with E-state index in [-0.39, 0.29) is 17.6 Å². The average molecular weight is 433 g/mol. The van der Waals surface area contributed by atoms with Crippen molar-refractivity contribution in [2.45, 2.75) is 70.1 Å². The number of likely N-dealkylation sites (N-methyl/N-ethyl adjacent to an activating group) is 1. The van der Waals surface area contributed by atoms with E-state index in [0.29, 0.717) is 6.04 Å². The summed E-state index contributed by atoms with van der Waals surface area (Å²) in [6, 6.07) is 13.9. The molecule has 5 rings (SSSR count). The highest BCUT2D eigenvalue weighted by Crippen LogP contribution is 2.45. The lowest BCUT2D eigenvalue weighted by Crippen LogP contribution is -2.42. The molecule has 31 heavy (non-hydrogen) atoms. The molecule has 1 aromatic carbocycles. The van der Waals surface area contributed by atoms with Gasteiger partial charge in [-0.1, -0.05) is 31.1 Å². The first-order valence-corrected chi connectivity index (χ1v) is 11.8. The van der Waals surface area contributed by atoms with E-state index in [0.717, 1.165) is 10.8 Å². The summed E-state index contributed by atoms with van der Waals surface area (Å²) in [4.78, 5) is 9.56. The van der Waals surface area contributed by atoms with Crippen molar-refractivity contribution in [3.8, 4) is 0 Å². The normalized spacial score (nSPS) is 25.4. The van der Waals surface area contributed by atoms with Gasteiger partial charge in [0.1, 0.15) is 0 Å². The van der Waals surface area contributed by atoms with Crippen molar-refractivity contribution in [3.63, 3.8) is 0 Å². The van der Waals surface area contributed by atoms with E-state index >= 15 is 0 Å². The molecule has 162 valence electrons. The van der Waals surface area contributed by atoms with E-state index in [2.05, 4.69) is 79.3 Å². The molecule has 1 aliphatic carbocycles. The fourth-order valence-electron chi connectivity index (χ4n) is 5.66. The Kier molecular flexibility index (Phi) is 5.04. The van der Waals surface area contributed by atoms with Gasteiger partial charge < -0.3 is 15.1 Å². The molecule has 2 atom stereocenters. The monoisotopic (exact) mass is 432 g/mol. The van der Waals surface area contributed by atoms with Gasteiger partial charge in [-0.25, -0.2) is 0 Å². The molecule has 1 aromatic heterocycles. The third kappa shape index (κ3) is 3.43. The van der Waals surface area contributed by atoms with Gasteiger partial charge in [-0.05, 0) is 81.2 Å². The first-order valence-electron chi connectivity index (χ1n) is 11.4. The van der Waals surface area contributed by atoms with Crippen molar-refractivity contribution in [3.05, 3.63) is 65.5 Å². The molecule has 0 unspecified atom stereocenters. The Morgan fingerprint density at radius 1 is 1.13 bits per heavy atom. The van der Waals surface area contributed by atoms with Crippen LogP contribution in [0, 0.1) is 0 Å². The number of anilines is 1. The largest absolute Gasteiger partial charge is 0.366 e. The Bertz CT molecular complexity index is 1020. The van der Waals surface area contributed by atoms with Crippen LogP contribution >= 0.6 is 12.2 Å². The SMILES string of the molecule is CC1=CC(C)(C)N(C)c2ccc([C@@H]3[C@@H](c4ccccn4)NC(=S)N3C3CCCC3)cc21. The molecule has 1 N–H and O–H groups in total. The van der Waals surface area contributed by atoms with Crippen LogP contribution in [0.15, 0.2) is 48.7 Å². The highest BCUT2D eigenvalue weighted by Gasteiger charge is 2.44. The molecule has 3 aliphatic rings. The van der Waals surface area contributed by atoms with E-state index in [1.165, 1.54) is 48.1 Å². The topological polar surface area (TPSA) is 31.4 Å². The van der Waals surface area contributed by atoms with Gasteiger partial charge in [0, 0.05) is 30.5 Å². The van der Waals surface area contributed by atoms with E-state index in [4.69, 9.17) is 17.2 Å². The summed E-state index contributed by atoms with van der Waals surface area (Å²) in [6.07, 6.45) is 9.27. The predicted molar refractivity (Wildman–Crippen MR) is 132 cm³/mol. The van der Waals surface area contributed by atoms with Crippen molar-refractivity contribution in [2.24, 2.45) is 0 Å². The standard InChI is InChI=1S/C26H32N4S/c1-17-16-26(2,3)29(4)22-13-12-18(15-20(17)22)24-23(21-11-7-8-14-27-21)28-25(31)30(24)19-9-5-6-10-19/h7-8,11-16,19,23-24H,5-6,9-10H2,1-4H3,(H,28,31)/t23-,24-/m1/s1. The van der Waals surface area contributed by atoms with E-state index in [1.807, 2.05) is 12.3 Å². The number of nitrogens with one attached hydrogen (secondary N) is 1. The van der Waals surface area contributed by atoms with Gasteiger partial charge in [-0.3, -0.25) is 4.98 Å². The number of fused-ring (bicyclic) bond motifs is 1. The van der Waals surface area contributed by atoms with Crippen LogP contribution in [0.1, 0.15) is 75.4 Å². The molecule has 4 nitrogen and oxygen atoms in total. The first kappa shape index (κ1) is 20.5. The number of rotatable bonds is 3. The van der Waals surface area contributed by atoms with Crippen molar-refractivity contribution in [1.82, 2.24) is 15.2 Å². The third-order valence-corrected chi connectivity index (χ3v) is 7.76. The van der Waals surface area contributed by atoms with Gasteiger partial charge in [0.2, 0.25) is 0 Å². The maximum absolute atomic E-state index is 5.89. The minimum Gasteiger partial charge on any atom is -0.366 e. The fourth-order valence-corrected chi connectivity index (χ4v) is 6.05. The van der Waals surface area contributed by atoms with Crippen LogP contribution in [0.2, 0.25) is 0 Å². The van der Waals surface area contributed by atoms with Crippen LogP contribution in [0.25, 0.3) is 5.57 Å². The second kappa shape index (κ2) is 7.63. The zero-order valence-electron chi connectivity index (χ0n) is 18.9. The van der Waals surface area contributed by atoms with Crippen molar-refractivity contribution < 1.29 is 0 Å². The summed E-state index contributed by atoms with van der Waals surface area (Å²) < 4.78 is 0. The second-order valence-corrected chi connectivity index (χ2v) is 10.2. The van der Waals surface area contributed by atoms with Crippen LogP contribution in [0.4, 0.5) is 5.69 Å². The number of pyridine rings is 1. The van der Waals surface area contributed by atoms with Gasteiger partial charge in [-0.2, -0.15) is 0 Å². The van der Waals surface area contributed by atoms with Crippen LogP contribution in [0.5, 0.6) is 0 Å². The summed E-state index contributed by atoms with van der Waals surface area (Å²) in [5.74, 6) is 0. The summed E-state index contributed by atoms with van der Waals surface area (Å²) in [6.45, 7) is 6.77. The minimum absolute atomic E-state index is 0.0153. The molecule has 2 fully saturated rings. The summed E-state index contributed by atoms with van der Waals surface area (Å²) in [5.41, 5.74) is 6.34. The highest BCUT2D eigenvalue weighted by atomic mass is 32.1. The Morgan fingerprint density at radius 3 is 2.61 bits per heavy atom. The zero-order valence-corrected chi connectivity index (χ0v) is 19.7. The highest BCUT2D eigenvalue weighted by molar-refractivity contribution is 7.80. The number of allylic oxidation sites excluding steroid dienone is 1. The average Bonchev–Trinajstić information content (AvgIpc) is 3.39. The fraction of sp³-hybridized carbons (Fsp3) is 0.462. The molecule has 0 spiro atoms. The molecule has 3 heterocycles. The van der Waals surface area contributed by atoms with Crippen LogP contribution < -0.4 is 10.2 Å². The zero-order chi connectivity index (χ0) is 21.8. The van der Waals surface area contributed by atoms with Gasteiger partial charge >= 0.3 is 0 Å². The molecule has 0 bridgehead atoms. The number of thiocarbonyl (C=S) groups is 1. The first-order chi connectivity index (χ1) is 14.9. The Morgan fingerprint density at radius 2 is 1.90 bits per heavy atom. The second-order valence-electron chi connectivity index (χ2n) is 9.79. The molecule has 5 heteroatoms. The quantitative estimate of drug-likeness (QED) is 0.636. The van der Waals surface area contributed by atoms with Crippen molar-refractivity contribution in [1.29, 1.82) is 0 Å². The van der Waals surface area contributed by atoms with Crippen LogP contribution in [-0.2, 0) is 0 Å². The molecule has 2 aromatic rings. The van der Waals surface area contributed by atoms with Gasteiger partial charge in [0.05, 0.1) is 23.3 Å². The van der Waals surface area contributed by atoms with E-state index < -0.39 is 0 Å². The lowest BCUT2D eigenvalue weighted by Gasteiger charge is -2.41. The van der Waals surface area contributed by atoms with Crippen molar-refractivity contribution >= 4 is 28.6 Å². The summed E-state index contributed by atoms with van der Waals surface area (Å²) >= 11 is 5.89. The van der Waals surface area contributed by atoms with Gasteiger partial charge in [0.15, 0.2) is 5.11 Å². The van der Waals surface area contributed by atoms with Crippen molar-refractivity contribution in [2.75, 3.05) is 11.9 Å². The maximum Gasteiger partial charge on any atom is 0.170 e. The van der Waals surface area contributed by atoms with Crippen LogP contribution in [-0.4, -0.2) is 33.6 Å². The molecule has 0 radical (unpaired) electrons. The number of hydrogen-bond donors (Lipinski definition) is 1. The van der Waals surface area contributed by atoms with Gasteiger partial charge in [0.25, 0.3) is 0 Å². The summed E-state index contributed by atoms with van der Waals surface area (Å²) in [5, 5.41) is 4.50. The molecule has 1 saturated heterocycles. The number of aromatic nitrogens is 1. The minimum atomic E-state index is 0.0153. The smallest absolute Gasteiger partial charge is 0.170 e. The number of hydrogen-bond acceptors (Lipinski definition) is 3. The van der Waals surface area contributed by atoms with Gasteiger partial charge in [-0.15, -0.1) is 0 Å². The van der Waals surface area contributed by atoms with E-state index in [9.17, 15) is 0 Å². The Hall–Kier alpha value is -2.40. The lowest BCUT2D eigenvalue weighted by molar-refractivity contribution is 0.245. The third-order valence-electron chi connectivity index (χ3n) is 7.44. The molecular formula is C26H32N4S. The Balaban J connectivity index is 1.61. The molecule has 1 saturated carbocycles. The number of nitrogens with zero attached hydrogens (tertiary/aromatic N) is 3. The predicted octanol–water partition coefficient (Wildman–Crippen LogP) is 5.63. The lowest BCUT2D eigenvalue weighted by atomic mass is 9.86. The number of benzene rings is 1. The molecule has 0 amide bonds. The maximum atomic E-state index is 5.89. The molecule has 2 aliphatic heterocycles. The Labute approximate surface area is 191 Å². The molecular weight excluding hydrogens is 400 g/mol. The summed E-state index contributed by atoms with van der Waals surface area (Å²) in [7, 11) is 2.19. The van der Waals surface area contributed by atoms with E-state index in [1.54, 1.807) is 0 Å².